The van der Waals surface area contributed by atoms with Crippen LogP contribution in [0.4, 0.5) is 0 Å². The maximum absolute atomic E-state index is 10.2. The Labute approximate surface area is 128 Å². The number of nitrogens with one attached hydrogen (secondary N) is 1. The number of halogens is 1. The van der Waals surface area contributed by atoms with Gasteiger partial charge in [-0.1, -0.05) is 31.5 Å². The van der Waals surface area contributed by atoms with Crippen molar-refractivity contribution >= 4 is 22.9 Å². The van der Waals surface area contributed by atoms with Crippen LogP contribution in [-0.2, 0) is 0 Å². The summed E-state index contributed by atoms with van der Waals surface area (Å²) < 4.78 is 0.701. The molecule has 0 bridgehead atoms. The summed E-state index contributed by atoms with van der Waals surface area (Å²) in [7, 11) is 0. The van der Waals surface area contributed by atoms with E-state index in [1.165, 1.54) is 11.3 Å². The minimum absolute atomic E-state index is 0.175. The van der Waals surface area contributed by atoms with Crippen LogP contribution in [0.2, 0.25) is 4.34 Å². The zero-order valence-corrected chi connectivity index (χ0v) is 13.2. The number of aliphatic hydroxyl groups is 1. The summed E-state index contributed by atoms with van der Waals surface area (Å²) in [6.07, 6.45) is 3.10. The van der Waals surface area contributed by atoms with E-state index in [0.29, 0.717) is 16.8 Å². The van der Waals surface area contributed by atoms with E-state index in [4.69, 9.17) is 11.6 Å². The Balaban J connectivity index is 1.99. The first kappa shape index (κ1) is 15.4. The first-order chi connectivity index (χ1) is 9.58. The summed E-state index contributed by atoms with van der Waals surface area (Å²) in [6.45, 7) is 4.80. The van der Waals surface area contributed by atoms with Gasteiger partial charge >= 0.3 is 0 Å². The Kier molecular flexibility index (Phi) is 5.54. The highest BCUT2D eigenvalue weighted by molar-refractivity contribution is 7.16. The maximum atomic E-state index is 10.2. The minimum atomic E-state index is -0.537. The fraction of sp³-hybridized carbons (Fsp3) is 0.400. The molecule has 20 heavy (non-hydrogen) atoms. The molecule has 0 radical (unpaired) electrons. The van der Waals surface area contributed by atoms with Crippen LogP contribution in [-0.4, -0.2) is 16.6 Å². The van der Waals surface area contributed by atoms with Crippen molar-refractivity contribution in [2.24, 2.45) is 5.92 Å². The number of rotatable bonds is 6. The van der Waals surface area contributed by atoms with Crippen molar-refractivity contribution in [1.82, 2.24) is 10.3 Å². The predicted octanol–water partition coefficient (Wildman–Crippen LogP) is 3.82. The molecule has 0 spiro atoms. The fourth-order valence-electron chi connectivity index (χ4n) is 2.14. The van der Waals surface area contributed by atoms with Gasteiger partial charge in [-0.15, -0.1) is 11.3 Å². The van der Waals surface area contributed by atoms with Crippen LogP contribution >= 0.6 is 22.9 Å². The monoisotopic (exact) mass is 310 g/mol. The molecule has 2 heterocycles. The molecule has 0 saturated heterocycles. The Morgan fingerprint density at radius 3 is 2.70 bits per heavy atom. The average Bonchev–Trinajstić information content (AvgIpc) is 2.86. The van der Waals surface area contributed by atoms with E-state index < -0.39 is 6.10 Å². The molecule has 2 N–H and O–H groups in total. The molecule has 0 aliphatic rings. The van der Waals surface area contributed by atoms with Gasteiger partial charge in [0.2, 0.25) is 0 Å². The zero-order valence-electron chi connectivity index (χ0n) is 11.6. The molecule has 0 aliphatic heterocycles. The first-order valence-electron chi connectivity index (χ1n) is 6.64. The maximum Gasteiger partial charge on any atom is 0.101 e. The third-order valence-corrected chi connectivity index (χ3v) is 4.50. The molecule has 108 valence electrons. The molecule has 2 atom stereocenters. The SMILES string of the molecule is CC(C)C(NCC(O)c1ccc(Cl)s1)c1cccnc1. The molecule has 0 aromatic carbocycles. The number of aromatic nitrogens is 1. The molecule has 0 fully saturated rings. The molecule has 5 heteroatoms. The number of hydrogen-bond donors (Lipinski definition) is 2. The zero-order chi connectivity index (χ0) is 14.5. The normalized spacial score (nSPS) is 14.4. The van der Waals surface area contributed by atoms with Crippen LogP contribution in [0.3, 0.4) is 0 Å². The Morgan fingerprint density at radius 2 is 2.15 bits per heavy atom. The number of aliphatic hydroxyl groups excluding tert-OH is 1. The largest absolute Gasteiger partial charge is 0.386 e. The highest BCUT2D eigenvalue weighted by Crippen LogP contribution is 2.27. The van der Waals surface area contributed by atoms with Crippen molar-refractivity contribution in [3.8, 4) is 0 Å². The molecule has 0 saturated carbocycles. The second-order valence-electron chi connectivity index (χ2n) is 5.07. The molecule has 2 aromatic rings. The average molecular weight is 311 g/mol. The van der Waals surface area contributed by atoms with Gasteiger partial charge in [-0.25, -0.2) is 0 Å². The lowest BCUT2D eigenvalue weighted by atomic mass is 9.97. The topological polar surface area (TPSA) is 45.1 Å². The number of pyridine rings is 1. The summed E-state index contributed by atoms with van der Waals surface area (Å²) in [5, 5.41) is 13.6. The highest BCUT2D eigenvalue weighted by atomic mass is 35.5. The molecule has 0 aliphatic carbocycles. The Morgan fingerprint density at radius 1 is 1.35 bits per heavy atom. The van der Waals surface area contributed by atoms with Gasteiger partial charge in [0.05, 0.1) is 4.34 Å². The van der Waals surface area contributed by atoms with Gasteiger partial charge < -0.3 is 10.4 Å². The second-order valence-corrected chi connectivity index (χ2v) is 6.82. The van der Waals surface area contributed by atoms with Gasteiger partial charge in [0.25, 0.3) is 0 Å². The van der Waals surface area contributed by atoms with Crippen molar-refractivity contribution in [2.75, 3.05) is 6.54 Å². The van der Waals surface area contributed by atoms with Crippen molar-refractivity contribution in [3.05, 3.63) is 51.4 Å². The van der Waals surface area contributed by atoms with E-state index in [2.05, 4.69) is 30.2 Å². The minimum Gasteiger partial charge on any atom is -0.386 e. The quantitative estimate of drug-likeness (QED) is 0.852. The van der Waals surface area contributed by atoms with Crippen LogP contribution < -0.4 is 5.32 Å². The molecule has 2 rings (SSSR count). The molecule has 0 amide bonds. The smallest absolute Gasteiger partial charge is 0.101 e. The predicted molar refractivity (Wildman–Crippen MR) is 84.1 cm³/mol. The van der Waals surface area contributed by atoms with Crippen LogP contribution in [0, 0.1) is 5.92 Å². The summed E-state index contributed by atoms with van der Waals surface area (Å²) >= 11 is 7.31. The van der Waals surface area contributed by atoms with E-state index >= 15 is 0 Å². The van der Waals surface area contributed by atoms with Crippen molar-refractivity contribution in [3.63, 3.8) is 0 Å². The number of hydrogen-bond acceptors (Lipinski definition) is 4. The summed E-state index contributed by atoms with van der Waals surface area (Å²) in [4.78, 5) is 5.04. The second kappa shape index (κ2) is 7.18. The van der Waals surface area contributed by atoms with E-state index in [0.717, 1.165) is 10.4 Å². The molecular weight excluding hydrogens is 292 g/mol. The van der Waals surface area contributed by atoms with Crippen molar-refractivity contribution < 1.29 is 5.11 Å². The lowest BCUT2D eigenvalue weighted by Crippen LogP contribution is -2.29. The van der Waals surface area contributed by atoms with Gasteiger partial charge in [0.1, 0.15) is 6.10 Å². The Bertz CT molecular complexity index is 530. The van der Waals surface area contributed by atoms with Crippen LogP contribution in [0.25, 0.3) is 0 Å². The van der Waals surface area contributed by atoms with E-state index in [9.17, 15) is 5.11 Å². The number of thiophene rings is 1. The third kappa shape index (κ3) is 4.03. The van der Waals surface area contributed by atoms with Crippen molar-refractivity contribution in [1.29, 1.82) is 0 Å². The molecule has 2 unspecified atom stereocenters. The molecular formula is C15H19ClN2OS. The van der Waals surface area contributed by atoms with Gasteiger partial charge in [0, 0.05) is 29.9 Å². The van der Waals surface area contributed by atoms with Crippen LogP contribution in [0.1, 0.15) is 36.4 Å². The Hall–Kier alpha value is -0.940. The highest BCUT2D eigenvalue weighted by Gasteiger charge is 2.18. The van der Waals surface area contributed by atoms with Gasteiger partial charge in [0.15, 0.2) is 0 Å². The van der Waals surface area contributed by atoms with Crippen molar-refractivity contribution in [2.45, 2.75) is 26.0 Å². The van der Waals surface area contributed by atoms with E-state index in [1.807, 2.05) is 24.4 Å². The lowest BCUT2D eigenvalue weighted by Gasteiger charge is -2.24. The standard InChI is InChI=1S/C15H19ClN2OS/c1-10(2)15(11-4-3-7-17-8-11)18-9-12(19)13-5-6-14(16)20-13/h3-8,10,12,15,18-19H,9H2,1-2H3. The lowest BCUT2D eigenvalue weighted by molar-refractivity contribution is 0.169. The van der Waals surface area contributed by atoms with E-state index in [1.54, 1.807) is 6.20 Å². The third-order valence-electron chi connectivity index (χ3n) is 3.16. The van der Waals surface area contributed by atoms with E-state index in [-0.39, 0.29) is 6.04 Å². The summed E-state index contributed by atoms with van der Waals surface area (Å²) in [5.41, 5.74) is 1.14. The van der Waals surface area contributed by atoms with Crippen LogP contribution in [0.5, 0.6) is 0 Å². The number of nitrogens with zero attached hydrogens (tertiary/aromatic N) is 1. The van der Waals surface area contributed by atoms with Gasteiger partial charge in [-0.05, 0) is 29.7 Å². The summed E-state index contributed by atoms with van der Waals surface area (Å²) in [6, 6.07) is 7.84. The van der Waals surface area contributed by atoms with Crippen LogP contribution in [0.15, 0.2) is 36.7 Å². The van der Waals surface area contributed by atoms with Gasteiger partial charge in [-0.2, -0.15) is 0 Å². The first-order valence-corrected chi connectivity index (χ1v) is 7.84. The molecule has 3 nitrogen and oxygen atoms in total. The summed E-state index contributed by atoms with van der Waals surface area (Å²) in [5.74, 6) is 0.415. The fourth-order valence-corrected chi connectivity index (χ4v) is 3.19. The van der Waals surface area contributed by atoms with Gasteiger partial charge in [-0.3, -0.25) is 4.98 Å². The molecule has 2 aromatic heterocycles.